The number of carbonyl (C=O) groups excluding carboxylic acids is 1. The number of aryl methyl sites for hydroxylation is 1. The molecule has 1 aromatic carbocycles. The first kappa shape index (κ1) is 20.9. The minimum Gasteiger partial charge on any atom is -0.327 e. The van der Waals surface area contributed by atoms with Crippen molar-refractivity contribution in [3.05, 3.63) is 63.7 Å². The number of aromatic amines is 1. The number of piperidine rings is 1. The first-order chi connectivity index (χ1) is 15.3. The molecule has 0 saturated carbocycles. The topological polar surface area (TPSA) is 74.8 Å². The van der Waals surface area contributed by atoms with Gasteiger partial charge in [-0.2, -0.15) is 18.3 Å². The Morgan fingerprint density at radius 3 is 2.75 bits per heavy atom. The molecule has 3 aromatic rings. The normalized spacial score (nSPS) is 20.2. The van der Waals surface area contributed by atoms with Crippen LogP contribution in [0.2, 0.25) is 5.02 Å². The van der Waals surface area contributed by atoms with Gasteiger partial charge in [-0.25, -0.2) is 9.97 Å². The average Bonchev–Trinajstić information content (AvgIpc) is 3.27. The van der Waals surface area contributed by atoms with Gasteiger partial charge in [0.25, 0.3) is 5.91 Å². The molecule has 2 aromatic heterocycles. The van der Waals surface area contributed by atoms with Crippen LogP contribution in [-0.2, 0) is 12.6 Å². The second-order valence-corrected chi connectivity index (χ2v) is 8.51. The smallest absolute Gasteiger partial charge is 0.327 e. The van der Waals surface area contributed by atoms with E-state index >= 15 is 0 Å². The number of aromatic nitrogens is 4. The van der Waals surface area contributed by atoms with Gasteiger partial charge in [0, 0.05) is 17.8 Å². The predicted octanol–water partition coefficient (Wildman–Crippen LogP) is 5.14. The highest BCUT2D eigenvalue weighted by Gasteiger charge is 2.44. The molecule has 10 heteroatoms. The van der Waals surface area contributed by atoms with Gasteiger partial charge in [-0.1, -0.05) is 17.7 Å². The van der Waals surface area contributed by atoms with E-state index in [1.165, 1.54) is 12.1 Å². The summed E-state index contributed by atoms with van der Waals surface area (Å²) in [5.74, 6) is 0.0580. The molecule has 1 amide bonds. The largest absolute Gasteiger partial charge is 0.417 e. The summed E-state index contributed by atoms with van der Waals surface area (Å²) in [6.07, 6.45) is -0.158. The summed E-state index contributed by atoms with van der Waals surface area (Å²) >= 11 is 6.08. The maximum absolute atomic E-state index is 13.5. The lowest BCUT2D eigenvalue weighted by Gasteiger charge is -2.46. The molecular weight excluding hydrogens is 443 g/mol. The molecule has 2 atom stereocenters. The zero-order chi connectivity index (χ0) is 22.6. The lowest BCUT2D eigenvalue weighted by Crippen LogP contribution is -2.50. The van der Waals surface area contributed by atoms with E-state index in [2.05, 4.69) is 20.2 Å². The van der Waals surface area contributed by atoms with Crippen molar-refractivity contribution < 1.29 is 18.0 Å². The maximum Gasteiger partial charge on any atom is 0.417 e. The fourth-order valence-corrected chi connectivity index (χ4v) is 5.17. The van der Waals surface area contributed by atoms with Crippen molar-refractivity contribution in [1.82, 2.24) is 25.1 Å². The number of rotatable bonds is 2. The molecule has 1 saturated heterocycles. The van der Waals surface area contributed by atoms with Crippen molar-refractivity contribution in [2.75, 3.05) is 0 Å². The molecule has 4 heterocycles. The summed E-state index contributed by atoms with van der Waals surface area (Å²) in [5, 5.41) is 6.39. The van der Waals surface area contributed by atoms with E-state index in [1.54, 1.807) is 18.0 Å². The Labute approximate surface area is 186 Å². The molecule has 2 aliphatic rings. The molecule has 32 heavy (non-hydrogen) atoms. The van der Waals surface area contributed by atoms with E-state index in [4.69, 9.17) is 11.6 Å². The monoisotopic (exact) mass is 461 g/mol. The molecule has 2 bridgehead atoms. The molecule has 2 aliphatic heterocycles. The number of nitrogens with one attached hydrogen (secondary N) is 1. The number of fused-ring (bicyclic) bond motifs is 4. The van der Waals surface area contributed by atoms with Crippen LogP contribution in [-0.4, -0.2) is 37.0 Å². The molecule has 1 N–H and O–H groups in total. The summed E-state index contributed by atoms with van der Waals surface area (Å²) in [5.41, 5.74) is 2.08. The van der Waals surface area contributed by atoms with Gasteiger partial charge in [0.2, 0.25) is 0 Å². The van der Waals surface area contributed by atoms with Crippen molar-refractivity contribution in [3.8, 4) is 11.4 Å². The molecule has 0 radical (unpaired) electrons. The SMILES string of the molecule is Cc1nc(-c2ccn[nH]2)c2c(n1)[C@@H]1CCC[C@H](C2)N1C(=O)c1cccc(C(F)(F)F)c1Cl. The third-order valence-corrected chi connectivity index (χ3v) is 6.58. The Bertz CT molecular complexity index is 1200. The van der Waals surface area contributed by atoms with Crippen molar-refractivity contribution in [3.63, 3.8) is 0 Å². The van der Waals surface area contributed by atoms with Gasteiger partial charge in [-0.3, -0.25) is 9.89 Å². The fraction of sp³-hybridized carbons (Fsp3) is 0.364. The van der Waals surface area contributed by atoms with E-state index in [0.29, 0.717) is 18.7 Å². The Hall–Kier alpha value is -2.94. The van der Waals surface area contributed by atoms with Gasteiger partial charge < -0.3 is 4.90 Å². The molecule has 6 nitrogen and oxygen atoms in total. The lowest BCUT2D eigenvalue weighted by atomic mass is 9.81. The summed E-state index contributed by atoms with van der Waals surface area (Å²) in [6.45, 7) is 1.78. The molecule has 166 valence electrons. The van der Waals surface area contributed by atoms with E-state index < -0.39 is 22.7 Å². The number of carbonyl (C=O) groups is 1. The van der Waals surface area contributed by atoms with E-state index in [-0.39, 0.29) is 17.6 Å². The van der Waals surface area contributed by atoms with Gasteiger partial charge >= 0.3 is 6.18 Å². The number of alkyl halides is 3. The first-order valence-corrected chi connectivity index (χ1v) is 10.7. The van der Waals surface area contributed by atoms with E-state index in [1.807, 2.05) is 6.07 Å². The third kappa shape index (κ3) is 3.35. The number of hydrogen-bond acceptors (Lipinski definition) is 4. The summed E-state index contributed by atoms with van der Waals surface area (Å²) < 4.78 is 40.1. The van der Waals surface area contributed by atoms with Gasteiger partial charge in [-0.05, 0) is 50.8 Å². The average molecular weight is 462 g/mol. The summed E-state index contributed by atoms with van der Waals surface area (Å²) in [7, 11) is 0. The Balaban J connectivity index is 1.60. The molecule has 1 fully saturated rings. The zero-order valence-corrected chi connectivity index (χ0v) is 17.8. The molecule has 0 spiro atoms. The summed E-state index contributed by atoms with van der Waals surface area (Å²) in [4.78, 5) is 24.5. The van der Waals surface area contributed by atoms with Crippen molar-refractivity contribution in [2.24, 2.45) is 0 Å². The minimum absolute atomic E-state index is 0.138. The van der Waals surface area contributed by atoms with Crippen LogP contribution < -0.4 is 0 Å². The molecule has 0 unspecified atom stereocenters. The lowest BCUT2D eigenvalue weighted by molar-refractivity contribution is -0.137. The highest BCUT2D eigenvalue weighted by molar-refractivity contribution is 6.34. The van der Waals surface area contributed by atoms with E-state index in [0.717, 1.165) is 41.6 Å². The second-order valence-electron chi connectivity index (χ2n) is 8.14. The first-order valence-electron chi connectivity index (χ1n) is 10.3. The highest BCUT2D eigenvalue weighted by Crippen LogP contribution is 2.45. The van der Waals surface area contributed by atoms with Crippen LogP contribution in [0.15, 0.2) is 30.5 Å². The number of halogens is 4. The van der Waals surface area contributed by atoms with Crippen LogP contribution in [0.4, 0.5) is 13.2 Å². The van der Waals surface area contributed by atoms with Gasteiger partial charge in [0.1, 0.15) is 5.82 Å². The van der Waals surface area contributed by atoms with Crippen LogP contribution >= 0.6 is 11.6 Å². The molecule has 5 rings (SSSR count). The van der Waals surface area contributed by atoms with Crippen LogP contribution in [0.1, 0.15) is 58.3 Å². The van der Waals surface area contributed by atoms with Gasteiger partial charge in [0.05, 0.1) is 39.3 Å². The number of benzene rings is 1. The van der Waals surface area contributed by atoms with Gasteiger partial charge in [-0.15, -0.1) is 0 Å². The fourth-order valence-electron chi connectivity index (χ4n) is 4.85. The third-order valence-electron chi connectivity index (χ3n) is 6.18. The summed E-state index contributed by atoms with van der Waals surface area (Å²) in [6, 6.07) is 4.77. The molecular formula is C22H19ClF3N5O. The maximum atomic E-state index is 13.5. The number of H-pyrrole nitrogens is 1. The van der Waals surface area contributed by atoms with E-state index in [9.17, 15) is 18.0 Å². The Morgan fingerprint density at radius 2 is 2.03 bits per heavy atom. The predicted molar refractivity (Wildman–Crippen MR) is 111 cm³/mol. The Kier molecular flexibility index (Phi) is 4.96. The standard InChI is InChI=1S/C22H19ClF3N5O/c1-11-28-19(16-8-9-27-30-16)14-10-12-4-2-7-17(20(14)29-11)31(12)21(32)13-5-3-6-15(18(13)23)22(24,25)26/h3,5-6,8-9,12,17H,2,4,7,10H2,1H3,(H,27,30)/t12-,17+/m1/s1. The van der Waals surface area contributed by atoms with Crippen LogP contribution in [0, 0.1) is 6.92 Å². The quantitative estimate of drug-likeness (QED) is 0.573. The minimum atomic E-state index is -4.64. The Morgan fingerprint density at radius 1 is 1.22 bits per heavy atom. The van der Waals surface area contributed by atoms with Crippen molar-refractivity contribution in [1.29, 1.82) is 0 Å². The number of nitrogens with zero attached hydrogens (tertiary/aromatic N) is 4. The van der Waals surface area contributed by atoms with Gasteiger partial charge in [0.15, 0.2) is 0 Å². The highest BCUT2D eigenvalue weighted by atomic mass is 35.5. The molecule has 0 aliphatic carbocycles. The van der Waals surface area contributed by atoms with Crippen LogP contribution in [0.3, 0.4) is 0 Å². The second kappa shape index (κ2) is 7.58. The number of hydrogen-bond donors (Lipinski definition) is 1. The number of amides is 1. The van der Waals surface area contributed by atoms with Crippen molar-refractivity contribution >= 4 is 17.5 Å². The zero-order valence-electron chi connectivity index (χ0n) is 17.1. The van der Waals surface area contributed by atoms with Crippen LogP contribution in [0.25, 0.3) is 11.4 Å². The van der Waals surface area contributed by atoms with Crippen LogP contribution in [0.5, 0.6) is 0 Å². The van der Waals surface area contributed by atoms with Crippen molar-refractivity contribution in [2.45, 2.75) is 50.9 Å².